The van der Waals surface area contributed by atoms with Crippen LogP contribution in [0.1, 0.15) is 65.4 Å². The van der Waals surface area contributed by atoms with Gasteiger partial charge in [-0.05, 0) is 79.4 Å². The lowest BCUT2D eigenvalue weighted by Crippen LogP contribution is -2.49. The lowest BCUT2D eigenvalue weighted by atomic mass is 9.88. The SMILES string of the molecule is CC(NCc1ccc(O)c(O)c1)C(=O)N1CCCC1C(=O)OCCC1CCC2(C)C1C2(C)C. The minimum atomic E-state index is -0.509. The molecule has 7 heteroatoms. The fourth-order valence-corrected chi connectivity index (χ4v) is 6.64. The van der Waals surface area contributed by atoms with Crippen molar-refractivity contribution in [3.05, 3.63) is 23.8 Å². The molecule has 1 amide bonds. The molecule has 3 fully saturated rings. The number of nitrogens with one attached hydrogen (secondary N) is 1. The van der Waals surface area contributed by atoms with Crippen LogP contribution in [0.5, 0.6) is 11.5 Å². The minimum Gasteiger partial charge on any atom is -0.504 e. The number of aromatic hydroxyl groups is 2. The van der Waals surface area contributed by atoms with Crippen molar-refractivity contribution in [1.29, 1.82) is 0 Å². The average Bonchev–Trinajstić information content (AvgIpc) is 3.19. The molecule has 4 rings (SSSR count). The molecule has 5 unspecified atom stereocenters. The van der Waals surface area contributed by atoms with Crippen LogP contribution in [0.3, 0.4) is 0 Å². The predicted molar refractivity (Wildman–Crippen MR) is 124 cm³/mol. The summed E-state index contributed by atoms with van der Waals surface area (Å²) in [6.07, 6.45) is 4.83. The molecule has 5 atom stereocenters. The molecular formula is C26H38N2O5. The number of amides is 1. The molecule has 182 valence electrons. The maximum Gasteiger partial charge on any atom is 0.328 e. The number of esters is 1. The zero-order valence-corrected chi connectivity index (χ0v) is 20.3. The van der Waals surface area contributed by atoms with Crippen LogP contribution < -0.4 is 5.32 Å². The van der Waals surface area contributed by atoms with Gasteiger partial charge in [-0.15, -0.1) is 0 Å². The number of hydrogen-bond donors (Lipinski definition) is 3. The largest absolute Gasteiger partial charge is 0.504 e. The van der Waals surface area contributed by atoms with E-state index in [1.165, 1.54) is 25.0 Å². The molecule has 1 aromatic rings. The molecule has 3 N–H and O–H groups in total. The highest BCUT2D eigenvalue weighted by Crippen LogP contribution is 2.78. The van der Waals surface area contributed by atoms with Crippen LogP contribution in [-0.2, 0) is 20.9 Å². The molecular weight excluding hydrogens is 420 g/mol. The number of likely N-dealkylation sites (tertiary alicyclic amines) is 1. The summed E-state index contributed by atoms with van der Waals surface area (Å²) >= 11 is 0. The Kier molecular flexibility index (Phi) is 6.38. The highest BCUT2D eigenvalue weighted by atomic mass is 16.5. The van der Waals surface area contributed by atoms with Gasteiger partial charge in [-0.2, -0.15) is 0 Å². The number of fused-ring (bicyclic) bond motifs is 1. The van der Waals surface area contributed by atoms with Crippen LogP contribution in [0, 0.1) is 22.7 Å². The number of hydrogen-bond acceptors (Lipinski definition) is 6. The number of carbonyl (C=O) groups is 2. The van der Waals surface area contributed by atoms with E-state index in [0.29, 0.717) is 42.9 Å². The Labute approximate surface area is 196 Å². The van der Waals surface area contributed by atoms with Crippen LogP contribution in [0.4, 0.5) is 0 Å². The van der Waals surface area contributed by atoms with Gasteiger partial charge in [-0.3, -0.25) is 4.79 Å². The summed E-state index contributed by atoms with van der Waals surface area (Å²) in [6.45, 7) is 10.2. The van der Waals surface area contributed by atoms with Gasteiger partial charge in [0.2, 0.25) is 5.91 Å². The Hall–Kier alpha value is -2.28. The van der Waals surface area contributed by atoms with Gasteiger partial charge < -0.3 is 25.2 Å². The second-order valence-corrected chi connectivity index (χ2v) is 11.0. The fraction of sp³-hybridized carbons (Fsp3) is 0.692. The Bertz CT molecular complexity index is 916. The van der Waals surface area contributed by atoms with E-state index in [9.17, 15) is 19.8 Å². The summed E-state index contributed by atoms with van der Waals surface area (Å²) in [5.41, 5.74) is 1.61. The molecule has 3 aliphatic rings. The third-order valence-corrected chi connectivity index (χ3v) is 8.92. The van der Waals surface area contributed by atoms with E-state index in [2.05, 4.69) is 26.1 Å². The number of carbonyl (C=O) groups excluding carboxylic acids is 2. The summed E-state index contributed by atoms with van der Waals surface area (Å²) in [5.74, 6) is 0.585. The van der Waals surface area contributed by atoms with Crippen LogP contribution in [0.25, 0.3) is 0 Å². The standard InChI is InChI=1S/C26H38N2O5/c1-16(27-15-17-7-8-20(29)21(30)14-17)23(31)28-12-5-6-19(28)24(32)33-13-10-18-9-11-26(4)22(18)25(26,2)3/h7-8,14,16,18-19,22,27,29-30H,5-6,9-13,15H2,1-4H3. The first kappa shape index (κ1) is 23.9. The lowest BCUT2D eigenvalue weighted by Gasteiger charge is -2.27. The van der Waals surface area contributed by atoms with Gasteiger partial charge >= 0.3 is 5.97 Å². The number of ether oxygens (including phenoxy) is 1. The van der Waals surface area contributed by atoms with Crippen molar-refractivity contribution in [2.24, 2.45) is 22.7 Å². The second kappa shape index (κ2) is 8.82. The molecule has 0 aromatic heterocycles. The Balaban J connectivity index is 1.24. The third-order valence-electron chi connectivity index (χ3n) is 8.92. The second-order valence-electron chi connectivity index (χ2n) is 11.0. The van der Waals surface area contributed by atoms with Crippen molar-refractivity contribution in [3.63, 3.8) is 0 Å². The summed E-state index contributed by atoms with van der Waals surface area (Å²) in [4.78, 5) is 27.5. The number of rotatable bonds is 8. The number of phenolic OH excluding ortho intramolecular Hbond substituents is 2. The molecule has 7 nitrogen and oxygen atoms in total. The first-order valence-corrected chi connectivity index (χ1v) is 12.3. The van der Waals surface area contributed by atoms with Crippen LogP contribution in [-0.4, -0.2) is 52.2 Å². The number of benzene rings is 1. The zero-order valence-electron chi connectivity index (χ0n) is 20.3. The predicted octanol–water partition coefficient (Wildman–Crippen LogP) is 3.57. The first-order chi connectivity index (χ1) is 15.6. The topological polar surface area (TPSA) is 99.1 Å². The molecule has 1 saturated heterocycles. The Morgan fingerprint density at radius 3 is 2.64 bits per heavy atom. The van der Waals surface area contributed by atoms with E-state index in [1.54, 1.807) is 17.9 Å². The number of nitrogens with zero attached hydrogens (tertiary/aromatic N) is 1. The highest BCUT2D eigenvalue weighted by Gasteiger charge is 2.72. The smallest absolute Gasteiger partial charge is 0.328 e. The van der Waals surface area contributed by atoms with E-state index in [4.69, 9.17) is 4.74 Å². The fourth-order valence-electron chi connectivity index (χ4n) is 6.64. The summed E-state index contributed by atoms with van der Waals surface area (Å²) in [7, 11) is 0. The van der Waals surface area contributed by atoms with Crippen LogP contribution in [0.15, 0.2) is 18.2 Å². The molecule has 0 radical (unpaired) electrons. The van der Waals surface area contributed by atoms with Gasteiger partial charge in [0.15, 0.2) is 11.5 Å². The third kappa shape index (κ3) is 4.32. The van der Waals surface area contributed by atoms with Crippen molar-refractivity contribution in [2.45, 2.75) is 78.4 Å². The molecule has 2 aliphatic carbocycles. The average molecular weight is 459 g/mol. The van der Waals surface area contributed by atoms with Crippen molar-refractivity contribution < 1.29 is 24.5 Å². The van der Waals surface area contributed by atoms with Crippen LogP contribution >= 0.6 is 0 Å². The van der Waals surface area contributed by atoms with Gasteiger partial charge in [0.1, 0.15) is 6.04 Å². The van der Waals surface area contributed by atoms with Gasteiger partial charge in [0, 0.05) is 13.1 Å². The maximum absolute atomic E-state index is 13.0. The van der Waals surface area contributed by atoms with Gasteiger partial charge in [0.05, 0.1) is 12.6 Å². The van der Waals surface area contributed by atoms with E-state index < -0.39 is 12.1 Å². The maximum atomic E-state index is 13.0. The molecule has 33 heavy (non-hydrogen) atoms. The van der Waals surface area contributed by atoms with Crippen LogP contribution in [0.2, 0.25) is 0 Å². The summed E-state index contributed by atoms with van der Waals surface area (Å²) in [5, 5.41) is 22.2. The molecule has 2 saturated carbocycles. The first-order valence-electron chi connectivity index (χ1n) is 12.3. The van der Waals surface area contributed by atoms with E-state index in [1.807, 2.05) is 0 Å². The van der Waals surface area contributed by atoms with Crippen molar-refractivity contribution in [3.8, 4) is 11.5 Å². The molecule has 0 spiro atoms. The molecule has 1 heterocycles. The number of phenols is 2. The lowest BCUT2D eigenvalue weighted by molar-refractivity contribution is -0.154. The molecule has 1 aliphatic heterocycles. The van der Waals surface area contributed by atoms with Crippen molar-refractivity contribution in [2.75, 3.05) is 13.2 Å². The minimum absolute atomic E-state index is 0.122. The van der Waals surface area contributed by atoms with E-state index >= 15 is 0 Å². The van der Waals surface area contributed by atoms with E-state index in [0.717, 1.165) is 24.3 Å². The molecule has 0 bridgehead atoms. The van der Waals surface area contributed by atoms with Gasteiger partial charge in [-0.25, -0.2) is 4.79 Å². The van der Waals surface area contributed by atoms with Gasteiger partial charge in [-0.1, -0.05) is 26.8 Å². The van der Waals surface area contributed by atoms with Crippen molar-refractivity contribution in [1.82, 2.24) is 10.2 Å². The Morgan fingerprint density at radius 1 is 1.21 bits per heavy atom. The molecule has 1 aromatic carbocycles. The monoisotopic (exact) mass is 458 g/mol. The summed E-state index contributed by atoms with van der Waals surface area (Å²) < 4.78 is 5.66. The normalized spacial score (nSPS) is 30.7. The zero-order chi connectivity index (χ0) is 24.0. The van der Waals surface area contributed by atoms with E-state index in [-0.39, 0.29) is 23.4 Å². The Morgan fingerprint density at radius 2 is 1.97 bits per heavy atom. The highest BCUT2D eigenvalue weighted by molar-refractivity contribution is 5.88. The quantitative estimate of drug-likeness (QED) is 0.407. The van der Waals surface area contributed by atoms with Gasteiger partial charge in [0.25, 0.3) is 0 Å². The summed E-state index contributed by atoms with van der Waals surface area (Å²) in [6, 6.07) is 3.57. The van der Waals surface area contributed by atoms with Crippen molar-refractivity contribution >= 4 is 11.9 Å².